The summed E-state index contributed by atoms with van der Waals surface area (Å²) in [5.41, 5.74) is 0.748. The molecule has 0 bridgehead atoms. The van der Waals surface area contributed by atoms with E-state index in [1.165, 1.54) is 11.3 Å². The molecule has 0 fully saturated rings. The van der Waals surface area contributed by atoms with Crippen LogP contribution in [0.15, 0.2) is 22.2 Å². The van der Waals surface area contributed by atoms with Gasteiger partial charge < -0.3 is 15.5 Å². The molecule has 5 nitrogen and oxygen atoms in total. The van der Waals surface area contributed by atoms with E-state index in [4.69, 9.17) is 10.2 Å². The van der Waals surface area contributed by atoms with Crippen molar-refractivity contribution >= 4 is 28.6 Å². The molecule has 0 aromatic carbocycles. The van der Waals surface area contributed by atoms with Crippen LogP contribution in [0.5, 0.6) is 0 Å². The van der Waals surface area contributed by atoms with Gasteiger partial charge in [-0.2, -0.15) is 11.3 Å². The number of amides is 1. The van der Waals surface area contributed by atoms with E-state index in [0.717, 1.165) is 10.6 Å². The summed E-state index contributed by atoms with van der Waals surface area (Å²) in [7, 11) is 0. The average molecular weight is 312 g/mol. The Balaban J connectivity index is 1.99. The first-order valence-electron chi connectivity index (χ1n) is 6.06. The molecule has 2 aromatic heterocycles. The molecule has 108 valence electrons. The van der Waals surface area contributed by atoms with Crippen molar-refractivity contribution in [2.45, 2.75) is 18.9 Å². The van der Waals surface area contributed by atoms with Crippen LogP contribution < -0.4 is 5.32 Å². The van der Waals surface area contributed by atoms with Crippen LogP contribution >= 0.6 is 22.7 Å². The zero-order valence-electron chi connectivity index (χ0n) is 11.0. The molecule has 2 heterocycles. The Morgan fingerprint density at radius 2 is 2.15 bits per heavy atom. The number of hydrogen-bond acceptors (Lipinski definition) is 6. The molecular weight excluding hydrogens is 296 g/mol. The zero-order valence-corrected chi connectivity index (χ0v) is 12.6. The number of nitrogens with zero attached hydrogens (tertiary/aromatic N) is 1. The Hall–Kier alpha value is -1.28. The van der Waals surface area contributed by atoms with E-state index >= 15 is 0 Å². The molecular formula is C13H16N2O3S2. The molecule has 0 unspecified atom stereocenters. The number of rotatable bonds is 6. The molecule has 0 saturated heterocycles. The number of thiophene rings is 1. The van der Waals surface area contributed by atoms with Gasteiger partial charge >= 0.3 is 0 Å². The molecule has 0 aliphatic heterocycles. The van der Waals surface area contributed by atoms with Crippen molar-refractivity contribution in [2.24, 2.45) is 0 Å². The van der Waals surface area contributed by atoms with Crippen molar-refractivity contribution < 1.29 is 15.0 Å². The Morgan fingerprint density at radius 3 is 2.75 bits per heavy atom. The van der Waals surface area contributed by atoms with Crippen molar-refractivity contribution in [2.75, 3.05) is 13.2 Å². The minimum absolute atomic E-state index is 0.135. The normalized spacial score (nSPS) is 11.6. The Labute approximate surface area is 124 Å². The van der Waals surface area contributed by atoms with Gasteiger partial charge in [0.15, 0.2) is 0 Å². The predicted octanol–water partition coefficient (Wildman–Crippen LogP) is 1.27. The highest BCUT2D eigenvalue weighted by molar-refractivity contribution is 7.14. The first-order chi connectivity index (χ1) is 9.56. The Kier molecular flexibility index (Phi) is 4.87. The summed E-state index contributed by atoms with van der Waals surface area (Å²) >= 11 is 3.10. The van der Waals surface area contributed by atoms with Crippen molar-refractivity contribution in [1.82, 2.24) is 10.3 Å². The lowest BCUT2D eigenvalue weighted by molar-refractivity contribution is -0.123. The van der Waals surface area contributed by atoms with Gasteiger partial charge in [-0.15, -0.1) is 11.3 Å². The molecule has 0 radical (unpaired) electrons. The highest BCUT2D eigenvalue weighted by atomic mass is 32.1. The molecule has 2 aromatic rings. The van der Waals surface area contributed by atoms with Crippen LogP contribution in [0.2, 0.25) is 0 Å². The maximum atomic E-state index is 11.9. The zero-order chi connectivity index (χ0) is 14.6. The van der Waals surface area contributed by atoms with Crippen LogP contribution in [0.25, 0.3) is 10.6 Å². The highest BCUT2D eigenvalue weighted by Crippen LogP contribution is 2.25. The van der Waals surface area contributed by atoms with Gasteiger partial charge in [0.05, 0.1) is 30.9 Å². The number of hydrogen-bond donors (Lipinski definition) is 3. The maximum Gasteiger partial charge on any atom is 0.226 e. The van der Waals surface area contributed by atoms with Gasteiger partial charge in [0.2, 0.25) is 5.91 Å². The molecule has 2 rings (SSSR count). The lowest BCUT2D eigenvalue weighted by Crippen LogP contribution is -2.52. The van der Waals surface area contributed by atoms with Crippen LogP contribution in [0, 0.1) is 0 Å². The average Bonchev–Trinajstić information content (AvgIpc) is 3.08. The van der Waals surface area contributed by atoms with Crippen molar-refractivity contribution in [3.05, 3.63) is 27.9 Å². The van der Waals surface area contributed by atoms with E-state index in [0.29, 0.717) is 5.69 Å². The number of aliphatic hydroxyl groups is 2. The summed E-state index contributed by atoms with van der Waals surface area (Å²) in [5.74, 6) is -0.266. The Bertz CT molecular complexity index is 562. The minimum Gasteiger partial charge on any atom is -0.394 e. The first-order valence-corrected chi connectivity index (χ1v) is 7.88. The highest BCUT2D eigenvalue weighted by Gasteiger charge is 2.24. The molecule has 3 N–H and O–H groups in total. The van der Waals surface area contributed by atoms with E-state index in [1.807, 2.05) is 22.2 Å². The quantitative estimate of drug-likeness (QED) is 0.750. The molecule has 0 aliphatic carbocycles. The third-order valence-electron chi connectivity index (χ3n) is 2.80. The van der Waals surface area contributed by atoms with Gasteiger partial charge in [-0.05, 0) is 18.4 Å². The maximum absolute atomic E-state index is 11.9. The molecule has 20 heavy (non-hydrogen) atoms. The fraction of sp³-hybridized carbons (Fsp3) is 0.385. The monoisotopic (exact) mass is 312 g/mol. The second-order valence-electron chi connectivity index (χ2n) is 4.76. The second-order valence-corrected chi connectivity index (χ2v) is 6.40. The Morgan fingerprint density at radius 1 is 1.40 bits per heavy atom. The van der Waals surface area contributed by atoms with E-state index < -0.39 is 5.54 Å². The van der Waals surface area contributed by atoms with Crippen LogP contribution in [0.4, 0.5) is 0 Å². The summed E-state index contributed by atoms with van der Waals surface area (Å²) in [5, 5.41) is 27.6. The van der Waals surface area contributed by atoms with E-state index in [-0.39, 0.29) is 25.5 Å². The summed E-state index contributed by atoms with van der Waals surface area (Å²) in [6.45, 7) is 0.960. The number of nitrogens with one attached hydrogen (secondary N) is 1. The van der Waals surface area contributed by atoms with Gasteiger partial charge in [-0.3, -0.25) is 4.79 Å². The van der Waals surface area contributed by atoms with Gasteiger partial charge in [0.25, 0.3) is 0 Å². The third-order valence-corrected chi connectivity index (χ3v) is 4.42. The molecule has 0 aliphatic rings. The predicted molar refractivity (Wildman–Crippen MR) is 79.9 cm³/mol. The number of carbonyl (C=O) groups excluding carboxylic acids is 1. The van der Waals surface area contributed by atoms with Crippen LogP contribution in [0.1, 0.15) is 12.6 Å². The van der Waals surface area contributed by atoms with Crippen LogP contribution in [-0.2, 0) is 11.2 Å². The molecule has 0 atom stereocenters. The van der Waals surface area contributed by atoms with E-state index in [2.05, 4.69) is 10.3 Å². The number of aliphatic hydroxyl groups excluding tert-OH is 2. The van der Waals surface area contributed by atoms with Crippen LogP contribution in [0.3, 0.4) is 0 Å². The number of aromatic nitrogens is 1. The van der Waals surface area contributed by atoms with E-state index in [1.54, 1.807) is 18.3 Å². The minimum atomic E-state index is -0.997. The molecule has 0 saturated carbocycles. The molecule has 0 spiro atoms. The van der Waals surface area contributed by atoms with Gasteiger partial charge in [-0.25, -0.2) is 4.98 Å². The first kappa shape index (κ1) is 15.1. The number of thiazole rings is 1. The van der Waals surface area contributed by atoms with Gasteiger partial charge in [0.1, 0.15) is 5.01 Å². The fourth-order valence-electron chi connectivity index (χ4n) is 1.58. The second kappa shape index (κ2) is 6.45. The van der Waals surface area contributed by atoms with E-state index in [9.17, 15) is 4.79 Å². The van der Waals surface area contributed by atoms with Crippen molar-refractivity contribution in [1.29, 1.82) is 0 Å². The lowest BCUT2D eigenvalue weighted by atomic mass is 10.1. The molecule has 1 amide bonds. The summed E-state index contributed by atoms with van der Waals surface area (Å²) in [4.78, 5) is 16.3. The summed E-state index contributed by atoms with van der Waals surface area (Å²) in [6.07, 6.45) is 0.135. The SMILES string of the molecule is CC(CO)(CO)NC(=O)Cc1csc(-c2ccsc2)n1. The van der Waals surface area contributed by atoms with Gasteiger partial charge in [-0.1, -0.05) is 0 Å². The van der Waals surface area contributed by atoms with Gasteiger partial charge in [0, 0.05) is 16.3 Å². The third kappa shape index (κ3) is 3.63. The number of carbonyl (C=O) groups is 1. The largest absolute Gasteiger partial charge is 0.394 e. The summed E-state index contributed by atoms with van der Waals surface area (Å²) < 4.78 is 0. The lowest BCUT2D eigenvalue weighted by Gasteiger charge is -2.25. The fourth-order valence-corrected chi connectivity index (χ4v) is 3.11. The molecule has 7 heteroatoms. The van der Waals surface area contributed by atoms with Crippen LogP contribution in [-0.4, -0.2) is 39.9 Å². The van der Waals surface area contributed by atoms with Crippen molar-refractivity contribution in [3.8, 4) is 10.6 Å². The standard InChI is InChI=1S/C13H16N2O3S2/c1-13(7-16,8-17)15-11(18)4-10-6-20-12(14-10)9-2-3-19-5-9/h2-3,5-6,16-17H,4,7-8H2,1H3,(H,15,18). The summed E-state index contributed by atoms with van der Waals surface area (Å²) in [6, 6.07) is 1.99. The smallest absolute Gasteiger partial charge is 0.226 e. The topological polar surface area (TPSA) is 82.5 Å². The van der Waals surface area contributed by atoms with Crippen molar-refractivity contribution in [3.63, 3.8) is 0 Å².